The first-order chi connectivity index (χ1) is 16.1. The fraction of sp³-hybridized carbons (Fsp3) is 0.360. The maximum atomic E-state index is 12.4. The van der Waals surface area contributed by atoms with Crippen LogP contribution in [0.15, 0.2) is 48.8 Å². The normalized spacial score (nSPS) is 16.1. The molecule has 1 aliphatic heterocycles. The second kappa shape index (κ2) is 9.60. The van der Waals surface area contributed by atoms with Crippen LogP contribution in [-0.4, -0.2) is 52.9 Å². The molecule has 3 aromatic rings. The van der Waals surface area contributed by atoms with Gasteiger partial charge in [0.25, 0.3) is 0 Å². The number of benzene rings is 2. The first kappa shape index (κ1) is 24.0. The number of likely N-dealkylation sites (N-methyl/N-ethyl adjacent to an activating group) is 1. The van der Waals surface area contributed by atoms with E-state index in [1.165, 1.54) is 12.1 Å². The van der Waals surface area contributed by atoms with Crippen molar-refractivity contribution < 1.29 is 22.7 Å². The third-order valence-electron chi connectivity index (χ3n) is 5.95. The van der Waals surface area contributed by atoms with Crippen molar-refractivity contribution in [3.63, 3.8) is 0 Å². The highest BCUT2D eigenvalue weighted by Crippen LogP contribution is 2.38. The molecule has 4 rings (SSSR count). The molecule has 0 N–H and O–H groups in total. The van der Waals surface area contributed by atoms with Crippen molar-refractivity contribution in [1.29, 1.82) is 0 Å². The summed E-state index contributed by atoms with van der Waals surface area (Å²) in [7, 11) is 4.04. The van der Waals surface area contributed by atoms with Crippen LogP contribution in [0.1, 0.15) is 28.3 Å². The van der Waals surface area contributed by atoms with Gasteiger partial charge in [-0.05, 0) is 67.0 Å². The average molecular weight is 473 g/mol. The number of aromatic nitrogens is 2. The van der Waals surface area contributed by atoms with E-state index in [2.05, 4.69) is 26.9 Å². The highest BCUT2D eigenvalue weighted by Gasteiger charge is 2.33. The largest absolute Gasteiger partial charge is 0.573 e. The van der Waals surface area contributed by atoms with Gasteiger partial charge in [-0.15, -0.1) is 13.2 Å². The van der Waals surface area contributed by atoms with Crippen LogP contribution in [0.2, 0.25) is 0 Å². The van der Waals surface area contributed by atoms with Crippen molar-refractivity contribution in [2.45, 2.75) is 39.0 Å². The monoisotopic (exact) mass is 472 g/mol. The number of fused-ring (bicyclic) bond motifs is 1. The fourth-order valence-corrected chi connectivity index (χ4v) is 4.37. The highest BCUT2D eigenvalue weighted by molar-refractivity contribution is 5.71. The Kier molecular flexibility index (Phi) is 6.77. The van der Waals surface area contributed by atoms with Crippen LogP contribution in [0.5, 0.6) is 5.75 Å². The van der Waals surface area contributed by atoms with Gasteiger partial charge >= 0.3 is 6.36 Å². The molecular weight excluding hydrogens is 445 g/mol. The predicted octanol–water partition coefficient (Wildman–Crippen LogP) is 4.57. The number of halogens is 3. The fourth-order valence-electron chi connectivity index (χ4n) is 4.37. The van der Waals surface area contributed by atoms with E-state index < -0.39 is 12.4 Å². The van der Waals surface area contributed by atoms with Gasteiger partial charge in [-0.2, -0.15) is 5.10 Å². The summed E-state index contributed by atoms with van der Waals surface area (Å²) >= 11 is 0. The molecule has 34 heavy (non-hydrogen) atoms. The third kappa shape index (κ3) is 5.48. The summed E-state index contributed by atoms with van der Waals surface area (Å²) in [6.07, 6.45) is 0.0855. The Balaban J connectivity index is 1.52. The number of rotatable bonds is 8. The molecule has 9 heteroatoms. The minimum Gasteiger partial charge on any atom is -0.406 e. The molecule has 2 heterocycles. The maximum Gasteiger partial charge on any atom is 0.573 e. The van der Waals surface area contributed by atoms with Crippen LogP contribution in [0.4, 0.5) is 13.2 Å². The number of nitrogens with zero attached hydrogens (tertiary/aromatic N) is 4. The van der Waals surface area contributed by atoms with Crippen LogP contribution in [0, 0.1) is 6.92 Å². The molecule has 0 radical (unpaired) electrons. The molecule has 0 amide bonds. The molecule has 0 spiro atoms. The van der Waals surface area contributed by atoms with E-state index in [4.69, 9.17) is 0 Å². The number of ether oxygens (including phenoxy) is 1. The zero-order chi connectivity index (χ0) is 24.5. The first-order valence-electron chi connectivity index (χ1n) is 11.0. The van der Waals surface area contributed by atoms with Crippen LogP contribution >= 0.6 is 0 Å². The van der Waals surface area contributed by atoms with E-state index in [1.54, 1.807) is 12.1 Å². The summed E-state index contributed by atoms with van der Waals surface area (Å²) < 4.78 is 43.1. The van der Waals surface area contributed by atoms with Crippen LogP contribution in [0.25, 0.3) is 11.1 Å². The quantitative estimate of drug-likeness (QED) is 0.450. The minimum absolute atomic E-state index is 0.264. The van der Waals surface area contributed by atoms with Gasteiger partial charge in [0.1, 0.15) is 12.0 Å². The maximum absolute atomic E-state index is 12.4. The zero-order valence-electron chi connectivity index (χ0n) is 19.3. The third-order valence-corrected chi connectivity index (χ3v) is 5.95. The Morgan fingerprint density at radius 2 is 1.91 bits per heavy atom. The molecule has 0 saturated heterocycles. The number of aldehydes is 1. The van der Waals surface area contributed by atoms with Gasteiger partial charge in [0.05, 0.1) is 18.8 Å². The Hall–Kier alpha value is -3.17. The van der Waals surface area contributed by atoms with Crippen LogP contribution in [0.3, 0.4) is 0 Å². The molecule has 1 atom stereocenters. The molecule has 1 aromatic heterocycles. The van der Waals surface area contributed by atoms with Gasteiger partial charge in [0.2, 0.25) is 0 Å². The Bertz CT molecular complexity index is 1160. The topological polar surface area (TPSA) is 50.6 Å². The lowest BCUT2D eigenvalue weighted by atomic mass is 9.95. The molecule has 180 valence electrons. The Morgan fingerprint density at radius 3 is 2.56 bits per heavy atom. The van der Waals surface area contributed by atoms with Crippen LogP contribution < -0.4 is 4.74 Å². The molecule has 0 fully saturated rings. The lowest BCUT2D eigenvalue weighted by Crippen LogP contribution is -2.23. The molecule has 1 unspecified atom stereocenters. The van der Waals surface area contributed by atoms with Gasteiger partial charge in [-0.25, -0.2) is 0 Å². The van der Waals surface area contributed by atoms with E-state index in [-0.39, 0.29) is 5.75 Å². The second-order valence-electron chi connectivity index (χ2n) is 8.84. The van der Waals surface area contributed by atoms with E-state index in [0.29, 0.717) is 13.1 Å². The van der Waals surface area contributed by atoms with Crippen molar-refractivity contribution in [3.05, 3.63) is 71.0 Å². The minimum atomic E-state index is -4.72. The van der Waals surface area contributed by atoms with Crippen LogP contribution in [-0.2, 0) is 24.4 Å². The molecule has 0 aliphatic carbocycles. The molecule has 0 saturated carbocycles. The van der Waals surface area contributed by atoms with Crippen molar-refractivity contribution in [2.24, 2.45) is 0 Å². The Morgan fingerprint density at radius 1 is 1.18 bits per heavy atom. The highest BCUT2D eigenvalue weighted by atomic mass is 19.4. The molecule has 1 aliphatic rings. The predicted molar refractivity (Wildman–Crippen MR) is 122 cm³/mol. The zero-order valence-corrected chi connectivity index (χ0v) is 19.3. The van der Waals surface area contributed by atoms with Crippen molar-refractivity contribution in [3.8, 4) is 16.9 Å². The number of carbonyl (C=O) groups is 1. The van der Waals surface area contributed by atoms with Gasteiger partial charge in [0, 0.05) is 31.4 Å². The average Bonchev–Trinajstić information content (AvgIpc) is 3.37. The van der Waals surface area contributed by atoms with Crippen molar-refractivity contribution in [1.82, 2.24) is 19.6 Å². The lowest BCUT2D eigenvalue weighted by molar-refractivity contribution is -0.274. The summed E-state index contributed by atoms with van der Waals surface area (Å²) in [4.78, 5) is 16.1. The van der Waals surface area contributed by atoms with Gasteiger partial charge in [0.15, 0.2) is 0 Å². The van der Waals surface area contributed by atoms with Crippen molar-refractivity contribution in [2.75, 3.05) is 20.6 Å². The lowest BCUT2D eigenvalue weighted by Gasteiger charge is -2.21. The molecule has 6 nitrogen and oxygen atoms in total. The summed E-state index contributed by atoms with van der Waals surface area (Å²) in [5.74, 6) is -0.264. The number of aryl methyl sites for hydroxylation is 1. The van der Waals surface area contributed by atoms with Gasteiger partial charge in [-0.1, -0.05) is 18.2 Å². The van der Waals surface area contributed by atoms with Crippen molar-refractivity contribution >= 4 is 6.29 Å². The van der Waals surface area contributed by atoms with E-state index >= 15 is 0 Å². The first-order valence-corrected chi connectivity index (χ1v) is 11.0. The summed E-state index contributed by atoms with van der Waals surface area (Å²) in [5, 5.41) is 4.46. The van der Waals surface area contributed by atoms with Gasteiger partial charge in [-0.3, -0.25) is 9.58 Å². The van der Waals surface area contributed by atoms with Gasteiger partial charge < -0.3 is 14.4 Å². The second-order valence-corrected chi connectivity index (χ2v) is 8.84. The Labute approximate surface area is 196 Å². The number of hydrogen-bond acceptors (Lipinski definition) is 5. The molecular formula is C25H27F3N4O2. The summed E-state index contributed by atoms with van der Waals surface area (Å²) in [6, 6.07) is 9.54. The van der Waals surface area contributed by atoms with E-state index in [0.717, 1.165) is 52.8 Å². The number of alkyl halides is 3. The summed E-state index contributed by atoms with van der Waals surface area (Å²) in [6.45, 7) is 4.70. The molecule has 2 aromatic carbocycles. The number of carbonyl (C=O) groups excluding carboxylic acids is 1. The standard InChI is InChI=1S/C25H27F3N4O2/c1-17-10-19(21-12-29-32(15-21)9-8-30(2)3)11-20-14-31(23(16-33)24(17)20)13-18-4-6-22(7-5-18)34-25(26,27)28/h4-7,10-12,15-16,23H,8-9,13-14H2,1-3H3. The summed E-state index contributed by atoms with van der Waals surface area (Å²) in [5.41, 5.74) is 5.97. The number of hydrogen-bond donors (Lipinski definition) is 0. The smallest absolute Gasteiger partial charge is 0.406 e. The molecule has 0 bridgehead atoms. The van der Waals surface area contributed by atoms with E-state index in [1.807, 2.05) is 43.0 Å². The van der Waals surface area contributed by atoms with E-state index in [9.17, 15) is 18.0 Å². The SMILES string of the molecule is Cc1cc(-c2cnn(CCN(C)C)c2)cc2c1C(C=O)N(Cc1ccc(OC(F)(F)F)cc1)C2.